The number of alkyl halides is 6. The standard InChI is InChI=1S/C24H22F6N2/c1-14(2)13-22(4,20-15(3)31-32-21(20)16-8-6-5-7-9-16)17-10-18(23(25,26)27)12-19(11-17)24(28,29)30/h5-12H,1,13H2,2-4H3,(H,31,32). The van der Waals surface area contributed by atoms with Gasteiger partial charge in [0.15, 0.2) is 0 Å². The van der Waals surface area contributed by atoms with Gasteiger partial charge in [-0.05, 0) is 44.0 Å². The van der Waals surface area contributed by atoms with Crippen molar-refractivity contribution in [3.05, 3.63) is 88.6 Å². The van der Waals surface area contributed by atoms with Crippen LogP contribution in [-0.4, -0.2) is 10.2 Å². The van der Waals surface area contributed by atoms with Gasteiger partial charge in [-0.3, -0.25) is 5.10 Å². The zero-order valence-electron chi connectivity index (χ0n) is 17.7. The van der Waals surface area contributed by atoms with Gasteiger partial charge in [-0.25, -0.2) is 0 Å². The molecule has 0 fully saturated rings. The lowest BCUT2D eigenvalue weighted by atomic mass is 9.70. The minimum Gasteiger partial charge on any atom is -0.282 e. The zero-order valence-corrected chi connectivity index (χ0v) is 17.7. The van der Waals surface area contributed by atoms with E-state index in [1.54, 1.807) is 51.1 Å². The average Bonchev–Trinajstić information content (AvgIpc) is 3.08. The van der Waals surface area contributed by atoms with E-state index in [2.05, 4.69) is 16.8 Å². The SMILES string of the molecule is C=C(C)CC(C)(c1cc(C(F)(F)F)cc(C(F)(F)F)c1)c1c(-c2ccccc2)n[nH]c1C. The smallest absolute Gasteiger partial charge is 0.282 e. The summed E-state index contributed by atoms with van der Waals surface area (Å²) in [5.41, 5.74) is -1.20. The number of nitrogens with zero attached hydrogens (tertiary/aromatic N) is 1. The van der Waals surface area contributed by atoms with Crippen LogP contribution in [0, 0.1) is 6.92 Å². The largest absolute Gasteiger partial charge is 0.416 e. The van der Waals surface area contributed by atoms with Crippen LogP contribution >= 0.6 is 0 Å². The number of aryl methyl sites for hydroxylation is 1. The molecule has 0 radical (unpaired) electrons. The summed E-state index contributed by atoms with van der Waals surface area (Å²) in [5, 5.41) is 7.18. The number of aromatic amines is 1. The van der Waals surface area contributed by atoms with Crippen LogP contribution in [0.2, 0.25) is 0 Å². The number of rotatable bonds is 5. The number of allylic oxidation sites excluding steroid dienone is 1. The van der Waals surface area contributed by atoms with Gasteiger partial charge in [-0.2, -0.15) is 31.4 Å². The van der Waals surface area contributed by atoms with Crippen LogP contribution in [0.5, 0.6) is 0 Å². The Bertz CT molecular complexity index is 1090. The van der Waals surface area contributed by atoms with Gasteiger partial charge in [0.25, 0.3) is 0 Å². The molecule has 8 heteroatoms. The van der Waals surface area contributed by atoms with Crippen LogP contribution in [0.4, 0.5) is 26.3 Å². The molecule has 1 N–H and O–H groups in total. The molecular weight excluding hydrogens is 430 g/mol. The Morgan fingerprint density at radius 2 is 1.41 bits per heavy atom. The fourth-order valence-electron chi connectivity index (χ4n) is 4.12. The Labute approximate surface area is 182 Å². The van der Waals surface area contributed by atoms with Gasteiger partial charge in [0, 0.05) is 22.2 Å². The van der Waals surface area contributed by atoms with Crippen molar-refractivity contribution < 1.29 is 26.3 Å². The molecule has 1 atom stereocenters. The highest BCUT2D eigenvalue weighted by atomic mass is 19.4. The summed E-state index contributed by atoms with van der Waals surface area (Å²) in [7, 11) is 0. The predicted octanol–water partition coefficient (Wildman–Crippen LogP) is 7.69. The molecule has 1 aromatic heterocycles. The molecule has 32 heavy (non-hydrogen) atoms. The molecular formula is C24H22F6N2. The van der Waals surface area contributed by atoms with Crippen molar-refractivity contribution >= 4 is 0 Å². The van der Waals surface area contributed by atoms with Crippen LogP contribution < -0.4 is 0 Å². The van der Waals surface area contributed by atoms with Crippen molar-refractivity contribution in [1.82, 2.24) is 10.2 Å². The van der Waals surface area contributed by atoms with Crippen LogP contribution in [0.3, 0.4) is 0 Å². The first-order valence-electron chi connectivity index (χ1n) is 9.78. The maximum absolute atomic E-state index is 13.5. The molecule has 170 valence electrons. The molecule has 3 rings (SSSR count). The summed E-state index contributed by atoms with van der Waals surface area (Å²) in [6.07, 6.45) is -9.74. The molecule has 1 unspecified atom stereocenters. The summed E-state index contributed by atoms with van der Waals surface area (Å²) < 4.78 is 81.3. The third-order valence-corrected chi connectivity index (χ3v) is 5.43. The van der Waals surface area contributed by atoms with E-state index in [1.165, 1.54) is 0 Å². The summed E-state index contributed by atoms with van der Waals surface area (Å²) in [4.78, 5) is 0. The molecule has 2 nitrogen and oxygen atoms in total. The van der Waals surface area contributed by atoms with Gasteiger partial charge in [0.2, 0.25) is 0 Å². The highest BCUT2D eigenvalue weighted by Gasteiger charge is 2.41. The van der Waals surface area contributed by atoms with E-state index in [1.807, 2.05) is 0 Å². The Hall–Kier alpha value is -3.03. The van der Waals surface area contributed by atoms with E-state index in [4.69, 9.17) is 0 Å². The van der Waals surface area contributed by atoms with Crippen molar-refractivity contribution in [2.24, 2.45) is 0 Å². The number of hydrogen-bond donors (Lipinski definition) is 1. The number of H-pyrrole nitrogens is 1. The molecule has 3 aromatic rings. The Balaban J connectivity index is 2.36. The molecule has 0 saturated carbocycles. The molecule has 0 saturated heterocycles. The maximum Gasteiger partial charge on any atom is 0.416 e. The molecule has 0 amide bonds. The van der Waals surface area contributed by atoms with E-state index >= 15 is 0 Å². The minimum atomic E-state index is -4.94. The second-order valence-electron chi connectivity index (χ2n) is 8.20. The van der Waals surface area contributed by atoms with E-state index in [-0.39, 0.29) is 18.1 Å². The fourth-order valence-corrected chi connectivity index (χ4v) is 4.12. The van der Waals surface area contributed by atoms with Gasteiger partial charge < -0.3 is 0 Å². The lowest BCUT2D eigenvalue weighted by molar-refractivity contribution is -0.143. The second kappa shape index (κ2) is 8.15. The van der Waals surface area contributed by atoms with Crippen molar-refractivity contribution in [3.8, 4) is 11.3 Å². The van der Waals surface area contributed by atoms with E-state index in [0.29, 0.717) is 28.1 Å². The van der Waals surface area contributed by atoms with E-state index < -0.39 is 28.9 Å². The van der Waals surface area contributed by atoms with Crippen molar-refractivity contribution in [3.63, 3.8) is 0 Å². The Kier molecular flexibility index (Phi) is 6.02. The first-order chi connectivity index (χ1) is 14.7. The van der Waals surface area contributed by atoms with Crippen LogP contribution in [-0.2, 0) is 17.8 Å². The third kappa shape index (κ3) is 4.59. The van der Waals surface area contributed by atoms with E-state index in [9.17, 15) is 26.3 Å². The zero-order chi connectivity index (χ0) is 23.9. The lowest BCUT2D eigenvalue weighted by Gasteiger charge is -2.33. The van der Waals surface area contributed by atoms with Gasteiger partial charge in [-0.1, -0.05) is 42.8 Å². The first-order valence-corrected chi connectivity index (χ1v) is 9.78. The van der Waals surface area contributed by atoms with Gasteiger partial charge in [0.1, 0.15) is 0 Å². The second-order valence-corrected chi connectivity index (χ2v) is 8.20. The average molecular weight is 452 g/mol. The molecule has 0 bridgehead atoms. The molecule has 1 heterocycles. The normalized spacial score (nSPS) is 14.3. The Morgan fingerprint density at radius 1 is 0.906 bits per heavy atom. The van der Waals surface area contributed by atoms with Crippen molar-refractivity contribution in [2.45, 2.75) is 45.0 Å². The monoisotopic (exact) mass is 452 g/mol. The summed E-state index contributed by atoms with van der Waals surface area (Å²) in [6.45, 7) is 8.89. The van der Waals surface area contributed by atoms with Gasteiger partial charge in [0.05, 0.1) is 16.8 Å². The van der Waals surface area contributed by atoms with Gasteiger partial charge in [-0.15, -0.1) is 6.58 Å². The Morgan fingerprint density at radius 3 is 1.88 bits per heavy atom. The number of benzene rings is 2. The third-order valence-electron chi connectivity index (χ3n) is 5.43. The number of hydrogen-bond acceptors (Lipinski definition) is 1. The fraction of sp³-hybridized carbons (Fsp3) is 0.292. The van der Waals surface area contributed by atoms with Gasteiger partial charge >= 0.3 is 12.4 Å². The molecule has 0 aliphatic heterocycles. The number of aromatic nitrogens is 2. The van der Waals surface area contributed by atoms with Crippen LogP contribution in [0.15, 0.2) is 60.7 Å². The maximum atomic E-state index is 13.5. The number of halogens is 6. The molecule has 0 spiro atoms. The van der Waals surface area contributed by atoms with Crippen molar-refractivity contribution in [2.75, 3.05) is 0 Å². The van der Waals surface area contributed by atoms with Crippen LogP contribution in [0.25, 0.3) is 11.3 Å². The first kappa shape index (κ1) is 23.6. The highest BCUT2D eigenvalue weighted by Crippen LogP contribution is 2.46. The predicted molar refractivity (Wildman–Crippen MR) is 111 cm³/mol. The topological polar surface area (TPSA) is 28.7 Å². The molecule has 0 aliphatic carbocycles. The summed E-state index contributed by atoms with van der Waals surface area (Å²) in [6, 6.07) is 10.7. The summed E-state index contributed by atoms with van der Waals surface area (Å²) in [5.74, 6) is 0. The van der Waals surface area contributed by atoms with E-state index in [0.717, 1.165) is 12.1 Å². The van der Waals surface area contributed by atoms with Crippen molar-refractivity contribution in [1.29, 1.82) is 0 Å². The molecule has 2 aromatic carbocycles. The van der Waals surface area contributed by atoms with Crippen LogP contribution in [0.1, 0.15) is 48.2 Å². The number of nitrogens with one attached hydrogen (secondary N) is 1. The highest BCUT2D eigenvalue weighted by molar-refractivity contribution is 5.67. The minimum absolute atomic E-state index is 0.107. The molecule has 0 aliphatic rings. The quantitative estimate of drug-likeness (QED) is 0.312. The summed E-state index contributed by atoms with van der Waals surface area (Å²) >= 11 is 0. The lowest BCUT2D eigenvalue weighted by Crippen LogP contribution is -2.27.